The number of likely N-dealkylation sites (tertiary alicyclic amines) is 1. The fraction of sp³-hybridized carbons (Fsp3) is 0.333. The molecule has 0 radical (unpaired) electrons. The Morgan fingerprint density at radius 3 is 2.66 bits per heavy atom. The molecular weight excluding hydrogens is 465 g/mol. The number of hydrogen-bond donors (Lipinski definition) is 1. The highest BCUT2D eigenvalue weighted by molar-refractivity contribution is 5.94. The molecule has 0 spiro atoms. The highest BCUT2D eigenvalue weighted by Gasteiger charge is 2.31. The molecule has 0 saturated carbocycles. The van der Waals surface area contributed by atoms with Gasteiger partial charge in [-0.1, -0.05) is 11.2 Å². The van der Waals surface area contributed by atoms with Gasteiger partial charge in [0.05, 0.1) is 11.5 Å². The maximum atomic E-state index is 12.9. The lowest BCUT2D eigenvalue weighted by molar-refractivity contribution is -0.137. The number of aryl methyl sites for hydroxylation is 1. The third-order valence-corrected chi connectivity index (χ3v) is 5.55. The maximum Gasteiger partial charge on any atom is 0.416 e. The minimum Gasteiger partial charge on any atom is -0.484 e. The van der Waals surface area contributed by atoms with Crippen LogP contribution in [0.2, 0.25) is 0 Å². The van der Waals surface area contributed by atoms with Gasteiger partial charge in [0.2, 0.25) is 5.89 Å². The van der Waals surface area contributed by atoms with E-state index in [4.69, 9.17) is 9.26 Å². The number of hydrogen-bond acceptors (Lipinski definition) is 6. The van der Waals surface area contributed by atoms with Crippen LogP contribution in [0.4, 0.5) is 18.9 Å². The Balaban J connectivity index is 1.30. The third kappa shape index (κ3) is 6.17. The summed E-state index contributed by atoms with van der Waals surface area (Å²) < 4.78 is 49.1. The minimum atomic E-state index is -4.50. The Morgan fingerprint density at radius 2 is 1.97 bits per heavy atom. The molecule has 0 aliphatic carbocycles. The largest absolute Gasteiger partial charge is 0.484 e. The number of piperidine rings is 1. The van der Waals surface area contributed by atoms with Crippen molar-refractivity contribution in [3.63, 3.8) is 0 Å². The number of benzene rings is 2. The monoisotopic (exact) mass is 488 g/mol. The summed E-state index contributed by atoms with van der Waals surface area (Å²) in [6.07, 6.45) is -2.82. The van der Waals surface area contributed by atoms with Crippen LogP contribution in [-0.2, 0) is 11.0 Å². The second kappa shape index (κ2) is 10.2. The third-order valence-electron chi connectivity index (χ3n) is 5.55. The number of rotatable bonds is 6. The Labute approximate surface area is 199 Å². The molecule has 11 heteroatoms. The number of carbonyl (C=O) groups is 2. The van der Waals surface area contributed by atoms with Gasteiger partial charge in [-0.3, -0.25) is 9.59 Å². The molecule has 2 heterocycles. The normalized spacial score (nSPS) is 16.1. The predicted molar refractivity (Wildman–Crippen MR) is 119 cm³/mol. The highest BCUT2D eigenvalue weighted by Crippen LogP contribution is 2.31. The van der Waals surface area contributed by atoms with Crippen LogP contribution in [0.3, 0.4) is 0 Å². The van der Waals surface area contributed by atoms with E-state index in [1.54, 1.807) is 36.1 Å². The van der Waals surface area contributed by atoms with Crippen LogP contribution >= 0.6 is 0 Å². The Kier molecular flexibility index (Phi) is 7.04. The van der Waals surface area contributed by atoms with Gasteiger partial charge < -0.3 is 19.5 Å². The number of amides is 2. The molecule has 2 aromatic carbocycles. The van der Waals surface area contributed by atoms with Gasteiger partial charge in [-0.2, -0.15) is 18.2 Å². The predicted octanol–water partition coefficient (Wildman–Crippen LogP) is 4.43. The SMILES string of the molecule is Cc1noc(C2CCCN(C(=O)c3ccc(OCC(=O)Nc4cccc(C(F)(F)F)c4)cc3)C2)n1. The molecule has 4 rings (SSSR count). The lowest BCUT2D eigenvalue weighted by atomic mass is 9.97. The van der Waals surface area contributed by atoms with E-state index in [0.717, 1.165) is 25.0 Å². The molecule has 1 atom stereocenters. The molecule has 1 aliphatic rings. The summed E-state index contributed by atoms with van der Waals surface area (Å²) in [7, 11) is 0. The first-order valence-corrected chi connectivity index (χ1v) is 11.0. The van der Waals surface area contributed by atoms with E-state index < -0.39 is 24.3 Å². The zero-order valence-corrected chi connectivity index (χ0v) is 18.8. The van der Waals surface area contributed by atoms with Crippen LogP contribution in [-0.4, -0.2) is 46.6 Å². The van der Waals surface area contributed by atoms with E-state index in [2.05, 4.69) is 15.5 Å². The van der Waals surface area contributed by atoms with Crippen molar-refractivity contribution in [1.29, 1.82) is 0 Å². The van der Waals surface area contributed by atoms with Gasteiger partial charge >= 0.3 is 6.18 Å². The molecule has 184 valence electrons. The fourth-order valence-corrected chi connectivity index (χ4v) is 3.84. The van der Waals surface area contributed by atoms with Gasteiger partial charge in [0.25, 0.3) is 11.8 Å². The number of carbonyl (C=O) groups excluding carboxylic acids is 2. The molecule has 1 aromatic heterocycles. The lowest BCUT2D eigenvalue weighted by Gasteiger charge is -2.31. The molecule has 8 nitrogen and oxygen atoms in total. The Morgan fingerprint density at radius 1 is 1.20 bits per heavy atom. The molecular formula is C24H23F3N4O4. The van der Waals surface area contributed by atoms with Crippen LogP contribution in [0.5, 0.6) is 5.75 Å². The van der Waals surface area contributed by atoms with E-state index >= 15 is 0 Å². The molecule has 1 unspecified atom stereocenters. The van der Waals surface area contributed by atoms with Gasteiger partial charge in [0, 0.05) is 24.3 Å². The highest BCUT2D eigenvalue weighted by atomic mass is 19.4. The molecule has 1 N–H and O–H groups in total. The van der Waals surface area contributed by atoms with Crippen molar-refractivity contribution in [2.45, 2.75) is 31.9 Å². The van der Waals surface area contributed by atoms with Crippen LogP contribution in [0.1, 0.15) is 46.4 Å². The van der Waals surface area contributed by atoms with E-state index in [0.29, 0.717) is 36.1 Å². The topological polar surface area (TPSA) is 97.6 Å². The molecule has 1 saturated heterocycles. The first-order valence-electron chi connectivity index (χ1n) is 11.0. The van der Waals surface area contributed by atoms with E-state index in [9.17, 15) is 22.8 Å². The van der Waals surface area contributed by atoms with Crippen LogP contribution < -0.4 is 10.1 Å². The standard InChI is InChI=1S/C24H23F3N4O4/c1-15-28-22(35-30-15)17-4-3-11-31(13-17)23(33)16-7-9-20(10-8-16)34-14-21(32)29-19-6-2-5-18(12-19)24(25,26)27/h2,5-10,12,17H,3-4,11,13-14H2,1H3,(H,29,32). The van der Waals surface area contributed by atoms with Gasteiger partial charge in [-0.05, 0) is 62.2 Å². The average molecular weight is 488 g/mol. The maximum absolute atomic E-state index is 12.9. The molecule has 1 fully saturated rings. The smallest absolute Gasteiger partial charge is 0.416 e. The van der Waals surface area contributed by atoms with Crippen molar-refractivity contribution in [3.05, 3.63) is 71.4 Å². The molecule has 2 amide bonds. The second-order valence-electron chi connectivity index (χ2n) is 8.21. The minimum absolute atomic E-state index is 0.00755. The van der Waals surface area contributed by atoms with E-state index in [1.165, 1.54) is 12.1 Å². The van der Waals surface area contributed by atoms with E-state index in [1.807, 2.05) is 0 Å². The molecule has 35 heavy (non-hydrogen) atoms. The van der Waals surface area contributed by atoms with Gasteiger partial charge in [0.1, 0.15) is 5.75 Å². The average Bonchev–Trinajstić information content (AvgIpc) is 3.29. The van der Waals surface area contributed by atoms with Gasteiger partial charge in [0.15, 0.2) is 12.4 Å². The van der Waals surface area contributed by atoms with Gasteiger partial charge in [-0.25, -0.2) is 0 Å². The van der Waals surface area contributed by atoms with Gasteiger partial charge in [-0.15, -0.1) is 0 Å². The quantitative estimate of drug-likeness (QED) is 0.551. The van der Waals surface area contributed by atoms with Crippen molar-refractivity contribution in [2.75, 3.05) is 25.0 Å². The number of halogens is 3. The second-order valence-corrected chi connectivity index (χ2v) is 8.21. The summed E-state index contributed by atoms with van der Waals surface area (Å²) in [6.45, 7) is 2.45. The number of nitrogens with one attached hydrogen (secondary N) is 1. The number of nitrogens with zero attached hydrogens (tertiary/aromatic N) is 3. The van der Waals surface area contributed by atoms with Crippen molar-refractivity contribution in [3.8, 4) is 5.75 Å². The number of anilines is 1. The van der Waals surface area contributed by atoms with Crippen molar-refractivity contribution in [2.24, 2.45) is 0 Å². The summed E-state index contributed by atoms with van der Waals surface area (Å²) in [5.74, 6) is 0.681. The first kappa shape index (κ1) is 24.2. The number of aromatic nitrogens is 2. The zero-order chi connectivity index (χ0) is 25.0. The van der Waals surface area contributed by atoms with Crippen molar-refractivity contribution >= 4 is 17.5 Å². The van der Waals surface area contributed by atoms with Crippen LogP contribution in [0.25, 0.3) is 0 Å². The summed E-state index contributed by atoms with van der Waals surface area (Å²) in [4.78, 5) is 31.0. The van der Waals surface area contributed by atoms with Crippen molar-refractivity contribution < 1.29 is 32.0 Å². The number of alkyl halides is 3. The van der Waals surface area contributed by atoms with Crippen molar-refractivity contribution in [1.82, 2.24) is 15.0 Å². The first-order chi connectivity index (χ1) is 16.7. The summed E-state index contributed by atoms with van der Waals surface area (Å²) in [6, 6.07) is 10.7. The summed E-state index contributed by atoms with van der Waals surface area (Å²) in [5, 5.41) is 6.19. The molecule has 3 aromatic rings. The Hall–Kier alpha value is -3.89. The van der Waals surface area contributed by atoms with Crippen LogP contribution in [0, 0.1) is 6.92 Å². The summed E-state index contributed by atoms with van der Waals surface area (Å²) in [5.41, 5.74) is -0.373. The Bertz CT molecular complexity index is 1190. The van der Waals surface area contributed by atoms with E-state index in [-0.39, 0.29) is 17.5 Å². The lowest BCUT2D eigenvalue weighted by Crippen LogP contribution is -2.39. The fourth-order valence-electron chi connectivity index (χ4n) is 3.84. The zero-order valence-electron chi connectivity index (χ0n) is 18.8. The molecule has 1 aliphatic heterocycles. The van der Waals surface area contributed by atoms with Crippen LogP contribution in [0.15, 0.2) is 53.1 Å². The number of ether oxygens (including phenoxy) is 1. The summed E-state index contributed by atoms with van der Waals surface area (Å²) >= 11 is 0. The molecule has 0 bridgehead atoms.